The van der Waals surface area contributed by atoms with Gasteiger partial charge in [-0.2, -0.15) is 0 Å². The van der Waals surface area contributed by atoms with Gasteiger partial charge in [-0.1, -0.05) is 26.0 Å². The molecular weight excluding hydrogens is 260 g/mol. The fourth-order valence-electron chi connectivity index (χ4n) is 2.69. The van der Waals surface area contributed by atoms with Crippen molar-refractivity contribution < 1.29 is 0 Å². The van der Waals surface area contributed by atoms with E-state index in [9.17, 15) is 0 Å². The molecule has 4 nitrogen and oxygen atoms in total. The van der Waals surface area contributed by atoms with Crippen LogP contribution in [0.25, 0.3) is 22.6 Å². The standard InChI is InChI=1S/C17H22N4/c1-3-20(4-2)12-13-21-11-7-10-16(21)17-18-14-8-5-6-9-15(14)19-17/h5-11H,3-4,12-13H2,1-2H3,(H,18,19). The number of rotatable bonds is 6. The van der Waals surface area contributed by atoms with Gasteiger partial charge in [0.2, 0.25) is 0 Å². The van der Waals surface area contributed by atoms with Gasteiger partial charge >= 0.3 is 0 Å². The molecule has 0 aliphatic heterocycles. The van der Waals surface area contributed by atoms with Gasteiger partial charge in [-0.25, -0.2) is 4.98 Å². The SMILES string of the molecule is CCN(CC)CCn1cccc1-c1nc2ccccc2[nH]1. The second-order valence-corrected chi connectivity index (χ2v) is 5.22. The number of nitrogens with zero attached hydrogens (tertiary/aromatic N) is 3. The van der Waals surface area contributed by atoms with Crippen molar-refractivity contribution in [3.8, 4) is 11.5 Å². The van der Waals surface area contributed by atoms with Crippen molar-refractivity contribution in [3.05, 3.63) is 42.6 Å². The molecule has 0 unspecified atom stereocenters. The van der Waals surface area contributed by atoms with Gasteiger partial charge in [0.25, 0.3) is 0 Å². The van der Waals surface area contributed by atoms with Crippen LogP contribution < -0.4 is 0 Å². The Hall–Kier alpha value is -2.07. The van der Waals surface area contributed by atoms with E-state index < -0.39 is 0 Å². The van der Waals surface area contributed by atoms with E-state index in [1.807, 2.05) is 18.2 Å². The van der Waals surface area contributed by atoms with Crippen LogP contribution in [0.3, 0.4) is 0 Å². The molecule has 0 aliphatic carbocycles. The highest BCUT2D eigenvalue weighted by Crippen LogP contribution is 2.20. The molecule has 110 valence electrons. The second kappa shape index (κ2) is 6.14. The summed E-state index contributed by atoms with van der Waals surface area (Å²) in [5.41, 5.74) is 3.26. The molecule has 3 aromatic rings. The molecular formula is C17H22N4. The lowest BCUT2D eigenvalue weighted by molar-refractivity contribution is 0.291. The molecule has 1 aromatic carbocycles. The van der Waals surface area contributed by atoms with E-state index in [1.165, 1.54) is 0 Å². The molecule has 0 saturated heterocycles. The number of hydrogen-bond donors (Lipinski definition) is 1. The number of imidazole rings is 1. The minimum atomic E-state index is 0.945. The zero-order valence-electron chi connectivity index (χ0n) is 12.7. The number of aromatic nitrogens is 3. The average Bonchev–Trinajstić information content (AvgIpc) is 3.14. The third-order valence-electron chi connectivity index (χ3n) is 4.01. The number of para-hydroxylation sites is 2. The molecule has 3 rings (SSSR count). The van der Waals surface area contributed by atoms with E-state index >= 15 is 0 Å². The maximum Gasteiger partial charge on any atom is 0.155 e. The van der Waals surface area contributed by atoms with Crippen LogP contribution in [0.4, 0.5) is 0 Å². The van der Waals surface area contributed by atoms with Gasteiger partial charge in [0.05, 0.1) is 16.7 Å². The Morgan fingerprint density at radius 3 is 2.67 bits per heavy atom. The summed E-state index contributed by atoms with van der Waals surface area (Å²) in [6.45, 7) is 8.66. The summed E-state index contributed by atoms with van der Waals surface area (Å²) in [6.07, 6.45) is 2.13. The molecule has 1 N–H and O–H groups in total. The lowest BCUT2D eigenvalue weighted by Crippen LogP contribution is -2.27. The summed E-state index contributed by atoms with van der Waals surface area (Å²) in [7, 11) is 0. The topological polar surface area (TPSA) is 36.9 Å². The average molecular weight is 282 g/mol. The summed E-state index contributed by atoms with van der Waals surface area (Å²) in [5, 5.41) is 0. The van der Waals surface area contributed by atoms with Gasteiger partial charge in [-0.05, 0) is 37.4 Å². The molecule has 2 heterocycles. The van der Waals surface area contributed by atoms with Crippen molar-refractivity contribution in [2.75, 3.05) is 19.6 Å². The molecule has 21 heavy (non-hydrogen) atoms. The van der Waals surface area contributed by atoms with Crippen LogP contribution in [0.1, 0.15) is 13.8 Å². The van der Waals surface area contributed by atoms with E-state index in [4.69, 9.17) is 4.98 Å². The van der Waals surface area contributed by atoms with Crippen LogP contribution in [0, 0.1) is 0 Å². The highest BCUT2D eigenvalue weighted by Gasteiger charge is 2.09. The Morgan fingerprint density at radius 2 is 1.90 bits per heavy atom. The first-order valence-electron chi connectivity index (χ1n) is 7.64. The normalized spacial score (nSPS) is 11.6. The lowest BCUT2D eigenvalue weighted by atomic mass is 10.3. The van der Waals surface area contributed by atoms with Crippen LogP contribution in [-0.4, -0.2) is 39.1 Å². The maximum absolute atomic E-state index is 4.69. The Morgan fingerprint density at radius 1 is 1.10 bits per heavy atom. The predicted molar refractivity (Wildman–Crippen MR) is 87.3 cm³/mol. The van der Waals surface area contributed by atoms with Gasteiger partial charge in [-0.3, -0.25) is 0 Å². The molecule has 0 radical (unpaired) electrons. The Kier molecular flexibility index (Phi) is 4.06. The van der Waals surface area contributed by atoms with E-state index in [2.05, 4.69) is 52.7 Å². The molecule has 0 bridgehead atoms. The van der Waals surface area contributed by atoms with Crippen LogP contribution in [0.15, 0.2) is 42.6 Å². The Balaban J connectivity index is 1.84. The van der Waals surface area contributed by atoms with E-state index in [1.54, 1.807) is 0 Å². The predicted octanol–water partition coefficient (Wildman–Crippen LogP) is 3.37. The minimum Gasteiger partial charge on any atom is -0.344 e. The van der Waals surface area contributed by atoms with Gasteiger partial charge in [-0.15, -0.1) is 0 Å². The molecule has 0 spiro atoms. The number of H-pyrrole nitrogens is 1. The maximum atomic E-state index is 4.69. The largest absolute Gasteiger partial charge is 0.344 e. The third kappa shape index (κ3) is 2.85. The number of nitrogens with one attached hydrogen (secondary N) is 1. The molecule has 0 aliphatic rings. The summed E-state index contributed by atoms with van der Waals surface area (Å²) < 4.78 is 2.27. The summed E-state index contributed by atoms with van der Waals surface area (Å²) in [6, 6.07) is 12.4. The van der Waals surface area contributed by atoms with E-state index in [-0.39, 0.29) is 0 Å². The van der Waals surface area contributed by atoms with Gasteiger partial charge in [0, 0.05) is 19.3 Å². The third-order valence-corrected chi connectivity index (χ3v) is 4.01. The molecule has 0 saturated carbocycles. The summed E-state index contributed by atoms with van der Waals surface area (Å²) in [5.74, 6) is 0.945. The Labute approximate surface area is 125 Å². The monoisotopic (exact) mass is 282 g/mol. The number of likely N-dealkylation sites (N-methyl/N-ethyl adjacent to an activating group) is 1. The van der Waals surface area contributed by atoms with Gasteiger partial charge < -0.3 is 14.5 Å². The Bertz CT molecular complexity index is 673. The fourth-order valence-corrected chi connectivity index (χ4v) is 2.69. The zero-order valence-corrected chi connectivity index (χ0v) is 12.7. The minimum absolute atomic E-state index is 0.945. The second-order valence-electron chi connectivity index (χ2n) is 5.22. The number of aromatic amines is 1. The van der Waals surface area contributed by atoms with Crippen molar-refractivity contribution in [2.24, 2.45) is 0 Å². The number of fused-ring (bicyclic) bond motifs is 1. The molecule has 2 aromatic heterocycles. The number of hydrogen-bond acceptors (Lipinski definition) is 2. The highest BCUT2D eigenvalue weighted by molar-refractivity contribution is 5.78. The first-order valence-corrected chi connectivity index (χ1v) is 7.64. The lowest BCUT2D eigenvalue weighted by Gasteiger charge is -2.18. The van der Waals surface area contributed by atoms with E-state index in [0.29, 0.717) is 0 Å². The van der Waals surface area contributed by atoms with Crippen LogP contribution in [-0.2, 0) is 6.54 Å². The van der Waals surface area contributed by atoms with Gasteiger partial charge in [0.15, 0.2) is 5.82 Å². The molecule has 0 fully saturated rings. The first kappa shape index (κ1) is 13.9. The van der Waals surface area contributed by atoms with Crippen molar-refractivity contribution in [2.45, 2.75) is 20.4 Å². The van der Waals surface area contributed by atoms with Crippen LogP contribution >= 0.6 is 0 Å². The zero-order chi connectivity index (χ0) is 14.7. The van der Waals surface area contributed by atoms with Crippen molar-refractivity contribution in [1.29, 1.82) is 0 Å². The molecule has 0 amide bonds. The quantitative estimate of drug-likeness (QED) is 0.752. The van der Waals surface area contributed by atoms with Crippen LogP contribution in [0.5, 0.6) is 0 Å². The molecule has 4 heteroatoms. The first-order chi connectivity index (χ1) is 10.3. The summed E-state index contributed by atoms with van der Waals surface area (Å²) in [4.78, 5) is 10.5. The van der Waals surface area contributed by atoms with Gasteiger partial charge in [0.1, 0.15) is 0 Å². The van der Waals surface area contributed by atoms with Crippen LogP contribution in [0.2, 0.25) is 0 Å². The van der Waals surface area contributed by atoms with Crippen molar-refractivity contribution >= 4 is 11.0 Å². The van der Waals surface area contributed by atoms with Crippen molar-refractivity contribution in [3.63, 3.8) is 0 Å². The number of benzene rings is 1. The van der Waals surface area contributed by atoms with E-state index in [0.717, 1.165) is 48.7 Å². The smallest absolute Gasteiger partial charge is 0.155 e. The fraction of sp³-hybridized carbons (Fsp3) is 0.353. The van der Waals surface area contributed by atoms with Crippen molar-refractivity contribution in [1.82, 2.24) is 19.4 Å². The highest BCUT2D eigenvalue weighted by atomic mass is 15.1. The summed E-state index contributed by atoms with van der Waals surface area (Å²) >= 11 is 0. The molecule has 0 atom stereocenters.